The Kier molecular flexibility index (Phi) is 13.2. The number of guanidine groups is 1. The molecule has 0 fully saturated rings. The van der Waals surface area contributed by atoms with E-state index in [1.54, 1.807) is 18.2 Å². The smallest absolute Gasteiger partial charge is 0.258 e. The quantitative estimate of drug-likeness (QED) is 0.0500. The lowest BCUT2D eigenvalue weighted by Gasteiger charge is -2.10. The molecule has 44 heavy (non-hydrogen) atoms. The molecule has 0 aliphatic carbocycles. The predicted octanol–water partition coefficient (Wildman–Crippen LogP) is 7.51. The molecule has 6 N–H and O–H groups in total. The van der Waals surface area contributed by atoms with Crippen LogP contribution in [0.1, 0.15) is 67.2 Å². The van der Waals surface area contributed by atoms with Crippen LogP contribution in [0.2, 0.25) is 10.0 Å². The van der Waals surface area contributed by atoms with Crippen molar-refractivity contribution in [3.63, 3.8) is 0 Å². The summed E-state index contributed by atoms with van der Waals surface area (Å²) in [6.45, 7) is 8.70. The number of hydrazine groups is 1. The molecule has 10 heteroatoms. The molecule has 4 rings (SSSR count). The van der Waals surface area contributed by atoms with Gasteiger partial charge in [0.1, 0.15) is 0 Å². The first-order valence-corrected chi connectivity index (χ1v) is 15.1. The Morgan fingerprint density at radius 3 is 2.30 bits per heavy atom. The minimum Gasteiger partial charge on any atom is -0.320 e. The van der Waals surface area contributed by atoms with Crippen molar-refractivity contribution in [2.75, 3.05) is 0 Å². The summed E-state index contributed by atoms with van der Waals surface area (Å²) in [5, 5.41) is 11.9. The van der Waals surface area contributed by atoms with Gasteiger partial charge in [-0.15, -0.1) is 5.10 Å². The van der Waals surface area contributed by atoms with Crippen LogP contribution in [0.5, 0.6) is 0 Å². The van der Waals surface area contributed by atoms with Gasteiger partial charge in [0.25, 0.3) is 5.91 Å². The highest BCUT2D eigenvalue weighted by molar-refractivity contribution is 6.35. The Morgan fingerprint density at radius 2 is 1.68 bits per heavy atom. The molecule has 0 spiro atoms. The van der Waals surface area contributed by atoms with Crippen LogP contribution in [0.3, 0.4) is 0 Å². The fourth-order valence-electron chi connectivity index (χ4n) is 4.38. The Hall–Kier alpha value is -4.37. The van der Waals surface area contributed by atoms with Gasteiger partial charge in [-0.25, -0.2) is 5.84 Å². The fraction of sp³-hybridized carbons (Fsp3) is 0.206. The van der Waals surface area contributed by atoms with Crippen molar-refractivity contribution in [2.45, 2.75) is 46.6 Å². The normalized spacial score (nSPS) is 12.4. The van der Waals surface area contributed by atoms with Crippen LogP contribution in [-0.2, 0) is 6.54 Å². The van der Waals surface area contributed by atoms with Gasteiger partial charge in [0, 0.05) is 21.2 Å². The molecule has 3 aromatic carbocycles. The number of amides is 1. The van der Waals surface area contributed by atoms with Gasteiger partial charge in [-0.05, 0) is 72.4 Å². The van der Waals surface area contributed by atoms with Crippen molar-refractivity contribution < 1.29 is 4.79 Å². The number of hydrogen-bond donors (Lipinski definition) is 4. The van der Waals surface area contributed by atoms with Crippen LogP contribution in [-0.4, -0.2) is 21.6 Å². The van der Waals surface area contributed by atoms with Crippen LogP contribution >= 0.6 is 23.2 Å². The van der Waals surface area contributed by atoms with Gasteiger partial charge in [-0.2, -0.15) is 5.10 Å². The van der Waals surface area contributed by atoms with Crippen LogP contribution in [0.25, 0.3) is 16.8 Å². The van der Waals surface area contributed by atoms with Gasteiger partial charge in [0.05, 0.1) is 17.9 Å². The van der Waals surface area contributed by atoms with Crippen LogP contribution in [0, 0.1) is 0 Å². The SMILES string of the molecule is C/C(=C\C/C=C\C(C)c1ccccc1)c1cc(-c2cc(Cl)cc(Cl)c2)n(Cc2ccc(C(=O)N/C(=N/N)NN)cc2)n1.CC. The van der Waals surface area contributed by atoms with E-state index in [1.807, 2.05) is 54.9 Å². The molecular weight excluding hydrogens is 593 g/mol. The number of rotatable bonds is 9. The zero-order valence-corrected chi connectivity index (χ0v) is 26.9. The number of carbonyl (C=O) groups is 1. The third kappa shape index (κ3) is 9.57. The average Bonchev–Trinajstić information content (AvgIpc) is 3.46. The first kappa shape index (κ1) is 34.1. The molecule has 0 bridgehead atoms. The fourth-order valence-corrected chi connectivity index (χ4v) is 4.91. The number of nitrogens with two attached hydrogens (primary N) is 2. The van der Waals surface area contributed by atoms with E-state index in [0.29, 0.717) is 28.1 Å². The highest BCUT2D eigenvalue weighted by Crippen LogP contribution is 2.30. The predicted molar refractivity (Wildman–Crippen MR) is 183 cm³/mol. The second kappa shape index (κ2) is 17.1. The second-order valence-corrected chi connectivity index (χ2v) is 10.6. The molecule has 0 saturated heterocycles. The topological polar surface area (TPSA) is 123 Å². The molecule has 230 valence electrons. The van der Waals surface area contributed by atoms with E-state index >= 15 is 0 Å². The van der Waals surface area contributed by atoms with Crippen molar-refractivity contribution in [1.29, 1.82) is 0 Å². The molecule has 8 nitrogen and oxygen atoms in total. The summed E-state index contributed by atoms with van der Waals surface area (Å²) >= 11 is 12.7. The van der Waals surface area contributed by atoms with Crippen LogP contribution < -0.4 is 22.4 Å². The summed E-state index contributed by atoms with van der Waals surface area (Å²) in [6, 6.07) is 25.1. The van der Waals surface area contributed by atoms with Crippen LogP contribution in [0.4, 0.5) is 0 Å². The number of hydrogen-bond acceptors (Lipinski definition) is 5. The molecule has 4 aromatic rings. The van der Waals surface area contributed by atoms with E-state index in [4.69, 9.17) is 40.0 Å². The summed E-state index contributed by atoms with van der Waals surface area (Å²) in [6.07, 6.45) is 7.35. The van der Waals surface area contributed by atoms with E-state index in [0.717, 1.165) is 34.5 Å². The summed E-state index contributed by atoms with van der Waals surface area (Å²) in [7, 11) is 0. The second-order valence-electron chi connectivity index (χ2n) is 9.75. The summed E-state index contributed by atoms with van der Waals surface area (Å²) in [5.41, 5.74) is 8.50. The molecule has 1 amide bonds. The minimum atomic E-state index is -0.396. The summed E-state index contributed by atoms with van der Waals surface area (Å²) < 4.78 is 1.91. The number of aromatic nitrogens is 2. The number of allylic oxidation sites excluding steroid dienone is 4. The average molecular weight is 633 g/mol. The molecule has 0 radical (unpaired) electrons. The molecule has 0 aliphatic heterocycles. The molecule has 1 atom stereocenters. The summed E-state index contributed by atoms with van der Waals surface area (Å²) in [4.78, 5) is 12.4. The van der Waals surface area contributed by atoms with Crippen molar-refractivity contribution in [1.82, 2.24) is 20.5 Å². The summed E-state index contributed by atoms with van der Waals surface area (Å²) in [5.74, 6) is 10.4. The first-order chi connectivity index (χ1) is 21.3. The maximum absolute atomic E-state index is 12.4. The number of nitrogens with zero attached hydrogens (tertiary/aromatic N) is 3. The number of hydrazone groups is 1. The van der Waals surface area contributed by atoms with Crippen molar-refractivity contribution >= 4 is 40.6 Å². The van der Waals surface area contributed by atoms with Gasteiger partial charge in [0.2, 0.25) is 5.96 Å². The van der Waals surface area contributed by atoms with E-state index in [2.05, 4.69) is 72.2 Å². The Balaban J connectivity index is 0.00000259. The first-order valence-electron chi connectivity index (χ1n) is 14.3. The maximum Gasteiger partial charge on any atom is 0.258 e. The molecule has 1 aromatic heterocycles. The van der Waals surface area contributed by atoms with Crippen molar-refractivity contribution in [2.24, 2.45) is 16.8 Å². The zero-order chi connectivity index (χ0) is 32.1. The van der Waals surface area contributed by atoms with E-state index in [-0.39, 0.29) is 5.96 Å². The van der Waals surface area contributed by atoms with Gasteiger partial charge in [-0.1, -0.05) is 105 Å². The highest BCUT2D eigenvalue weighted by atomic mass is 35.5. The highest BCUT2D eigenvalue weighted by Gasteiger charge is 2.14. The lowest BCUT2D eigenvalue weighted by molar-refractivity contribution is 0.0975. The largest absolute Gasteiger partial charge is 0.320 e. The molecule has 0 aliphatic rings. The third-order valence-corrected chi connectivity index (χ3v) is 7.14. The Labute approximate surface area is 269 Å². The van der Waals surface area contributed by atoms with Gasteiger partial charge >= 0.3 is 0 Å². The Bertz CT molecular complexity index is 1590. The molecular formula is C34H39Cl2N7O. The monoisotopic (exact) mass is 631 g/mol. The number of nitrogens with one attached hydrogen (secondary N) is 2. The third-order valence-electron chi connectivity index (χ3n) is 6.70. The lowest BCUT2D eigenvalue weighted by atomic mass is 10.0. The van der Waals surface area contributed by atoms with E-state index in [9.17, 15) is 4.79 Å². The number of halogens is 2. The van der Waals surface area contributed by atoms with Crippen molar-refractivity contribution in [3.8, 4) is 11.3 Å². The Morgan fingerprint density at radius 1 is 1.02 bits per heavy atom. The molecule has 1 heterocycles. The standard InChI is InChI=1S/C32H33Cl2N7O.C2H6/c1-21(24-10-4-3-5-11-24)8-6-7-9-22(2)29-19-30(26-16-27(33)18-28(34)17-26)41(40-29)20-23-12-14-25(15-13-23)31(42)37-32(38-35)39-36;1-2/h3-6,8-19,21H,7,20,35-36H2,1-2H3,(H2,37,38,39,42);1-2H3/b8-6-,22-9+;. The van der Waals surface area contributed by atoms with E-state index in [1.165, 1.54) is 5.56 Å². The molecule has 0 saturated carbocycles. The molecule has 1 unspecified atom stereocenters. The minimum absolute atomic E-state index is 0.0393. The number of carbonyl (C=O) groups excluding carboxylic acids is 1. The van der Waals surface area contributed by atoms with Crippen molar-refractivity contribution in [3.05, 3.63) is 130 Å². The zero-order valence-electron chi connectivity index (χ0n) is 25.4. The van der Waals surface area contributed by atoms with Gasteiger partial charge < -0.3 is 5.84 Å². The number of benzene rings is 3. The van der Waals surface area contributed by atoms with E-state index < -0.39 is 5.91 Å². The maximum atomic E-state index is 12.4. The lowest BCUT2D eigenvalue weighted by Crippen LogP contribution is -2.45. The van der Waals surface area contributed by atoms with Gasteiger partial charge in [-0.3, -0.25) is 20.2 Å². The van der Waals surface area contributed by atoms with Gasteiger partial charge in [0.15, 0.2) is 0 Å². The van der Waals surface area contributed by atoms with Crippen LogP contribution in [0.15, 0.2) is 102 Å².